The van der Waals surface area contributed by atoms with Gasteiger partial charge in [0.15, 0.2) is 0 Å². The van der Waals surface area contributed by atoms with Gasteiger partial charge in [-0.25, -0.2) is 14.2 Å². The zero-order valence-electron chi connectivity index (χ0n) is 24.5. The van der Waals surface area contributed by atoms with Crippen molar-refractivity contribution in [2.45, 2.75) is 43.4 Å². The fraction of sp³-hybridized carbons (Fsp3) is 0.229. The molecule has 11 heteroatoms. The van der Waals surface area contributed by atoms with Crippen molar-refractivity contribution in [2.75, 3.05) is 11.9 Å². The van der Waals surface area contributed by atoms with E-state index in [0.717, 1.165) is 11.1 Å². The SMILES string of the molecule is CCOc1cccc(CN2[C@H]3Cn4c(nc5cc(C(=O)O)ccc54)[C@H]3[C@H](c3cccc(Cl)c3F)[C@]23C(=O)Nc2cc(Cl)ccc23)c1. The summed E-state index contributed by atoms with van der Waals surface area (Å²) in [6.07, 6.45) is 0. The molecule has 4 atom stereocenters. The molecule has 3 aliphatic heterocycles. The molecule has 0 radical (unpaired) electrons. The Hall–Kier alpha value is -4.44. The lowest BCUT2D eigenvalue weighted by Crippen LogP contribution is -2.52. The summed E-state index contributed by atoms with van der Waals surface area (Å²) >= 11 is 12.8. The van der Waals surface area contributed by atoms with Gasteiger partial charge in [-0.2, -0.15) is 0 Å². The Labute approximate surface area is 273 Å². The van der Waals surface area contributed by atoms with Crippen LogP contribution in [-0.4, -0.2) is 44.1 Å². The van der Waals surface area contributed by atoms with Gasteiger partial charge in [0, 0.05) is 47.2 Å². The Balaban J connectivity index is 1.40. The van der Waals surface area contributed by atoms with Crippen LogP contribution >= 0.6 is 23.2 Å². The van der Waals surface area contributed by atoms with Gasteiger partial charge in [-0.3, -0.25) is 9.69 Å². The van der Waals surface area contributed by atoms with E-state index in [9.17, 15) is 14.7 Å². The number of rotatable bonds is 6. The Morgan fingerprint density at radius 1 is 1.11 bits per heavy atom. The number of aromatic nitrogens is 2. The summed E-state index contributed by atoms with van der Waals surface area (Å²) in [6.45, 7) is 3.23. The van der Waals surface area contributed by atoms with Crippen molar-refractivity contribution in [3.05, 3.63) is 123 Å². The number of imidazole rings is 1. The molecule has 0 unspecified atom stereocenters. The third-order valence-corrected chi connectivity index (χ3v) is 10.2. The molecular weight excluding hydrogens is 630 g/mol. The first-order chi connectivity index (χ1) is 22.2. The number of amides is 1. The van der Waals surface area contributed by atoms with Crippen LogP contribution in [0.3, 0.4) is 0 Å². The van der Waals surface area contributed by atoms with Crippen LogP contribution in [0.25, 0.3) is 11.0 Å². The first kappa shape index (κ1) is 29.0. The number of nitrogens with one attached hydrogen (secondary N) is 1. The zero-order chi connectivity index (χ0) is 31.9. The molecular formula is C35H27Cl2FN4O4. The molecule has 232 valence electrons. The molecule has 8 rings (SSSR count). The van der Waals surface area contributed by atoms with Gasteiger partial charge in [0.25, 0.3) is 0 Å². The third-order valence-electron chi connectivity index (χ3n) is 9.64. The summed E-state index contributed by atoms with van der Waals surface area (Å²) in [5.74, 6) is -1.78. The van der Waals surface area contributed by atoms with Crippen LogP contribution in [0.1, 0.15) is 51.6 Å². The summed E-state index contributed by atoms with van der Waals surface area (Å²) in [6, 6.07) is 22.5. The molecule has 0 bridgehead atoms. The predicted octanol–water partition coefficient (Wildman–Crippen LogP) is 7.19. The summed E-state index contributed by atoms with van der Waals surface area (Å²) < 4.78 is 24.2. The Bertz CT molecular complexity index is 2100. The topological polar surface area (TPSA) is 96.7 Å². The molecule has 4 aromatic carbocycles. The van der Waals surface area contributed by atoms with Crippen molar-refractivity contribution >= 4 is 51.8 Å². The van der Waals surface area contributed by atoms with E-state index in [1.165, 1.54) is 6.07 Å². The largest absolute Gasteiger partial charge is 0.494 e. The fourth-order valence-electron chi connectivity index (χ4n) is 7.97. The lowest BCUT2D eigenvalue weighted by atomic mass is 9.71. The number of hydrogen-bond acceptors (Lipinski definition) is 5. The average Bonchev–Trinajstić information content (AvgIpc) is 3.72. The number of likely N-dealkylation sites (tertiary alicyclic amines) is 1. The number of carboxylic acid groups (broad SMARTS) is 1. The smallest absolute Gasteiger partial charge is 0.335 e. The Morgan fingerprint density at radius 3 is 2.74 bits per heavy atom. The second kappa shape index (κ2) is 10.6. The van der Waals surface area contributed by atoms with Crippen LogP contribution in [-0.2, 0) is 23.4 Å². The number of carbonyl (C=O) groups is 2. The van der Waals surface area contributed by atoms with Crippen molar-refractivity contribution < 1.29 is 23.8 Å². The molecule has 1 amide bonds. The standard InChI is InChI=1S/C35H27Cl2FN4O4/c1-2-46-21-6-3-5-18(13-21)16-42-28-17-41-27-12-9-19(33(43)44)14-26(27)39-32(41)29(28)30(22-7-4-8-24(37)31(22)38)35(42)23-11-10-20(36)15-25(23)40-34(35)45/h3-15,28-30H,2,16-17H2,1H3,(H,40,45)(H,43,44)/t28-,29+,30-,35+/m0/s1. The molecule has 46 heavy (non-hydrogen) atoms. The number of hydrogen-bond donors (Lipinski definition) is 2. The number of aromatic carboxylic acids is 1. The number of nitrogens with zero attached hydrogens (tertiary/aromatic N) is 3. The van der Waals surface area contributed by atoms with E-state index in [1.807, 2.05) is 37.3 Å². The molecule has 4 heterocycles. The molecule has 3 aliphatic rings. The van der Waals surface area contributed by atoms with Gasteiger partial charge in [-0.1, -0.05) is 53.5 Å². The maximum absolute atomic E-state index is 16.3. The van der Waals surface area contributed by atoms with E-state index in [1.54, 1.807) is 42.5 Å². The van der Waals surface area contributed by atoms with Gasteiger partial charge in [0.2, 0.25) is 5.91 Å². The number of carbonyl (C=O) groups excluding carboxylic acids is 1. The summed E-state index contributed by atoms with van der Waals surface area (Å²) in [5.41, 5.74) is 2.55. The maximum atomic E-state index is 16.3. The average molecular weight is 658 g/mol. The van der Waals surface area contributed by atoms with Crippen LogP contribution in [0.5, 0.6) is 5.75 Å². The van der Waals surface area contributed by atoms with Crippen LogP contribution in [0, 0.1) is 5.82 Å². The van der Waals surface area contributed by atoms with Crippen molar-refractivity contribution in [2.24, 2.45) is 0 Å². The van der Waals surface area contributed by atoms with Crippen LogP contribution in [0.4, 0.5) is 10.1 Å². The lowest BCUT2D eigenvalue weighted by molar-refractivity contribution is -0.128. The first-order valence-electron chi connectivity index (χ1n) is 15.0. The second-order valence-electron chi connectivity index (χ2n) is 11.9. The molecule has 1 spiro atoms. The van der Waals surface area contributed by atoms with Gasteiger partial charge < -0.3 is 19.7 Å². The lowest BCUT2D eigenvalue weighted by Gasteiger charge is -2.40. The van der Waals surface area contributed by atoms with Crippen LogP contribution in [0.2, 0.25) is 10.0 Å². The number of benzene rings is 4. The highest BCUT2D eigenvalue weighted by Crippen LogP contribution is 2.65. The minimum Gasteiger partial charge on any atom is -0.494 e. The normalized spacial score (nSPS) is 23.0. The quantitative estimate of drug-likeness (QED) is 0.201. The summed E-state index contributed by atoms with van der Waals surface area (Å²) in [7, 11) is 0. The second-order valence-corrected chi connectivity index (χ2v) is 12.8. The van der Waals surface area contributed by atoms with Crippen LogP contribution < -0.4 is 10.1 Å². The molecule has 5 aromatic rings. The number of anilines is 1. The van der Waals surface area contributed by atoms with Crippen molar-refractivity contribution in [3.8, 4) is 5.75 Å². The molecule has 1 aromatic heterocycles. The van der Waals surface area contributed by atoms with Crippen molar-refractivity contribution in [1.82, 2.24) is 14.5 Å². The Morgan fingerprint density at radius 2 is 1.93 bits per heavy atom. The number of halogens is 3. The van der Waals surface area contributed by atoms with Gasteiger partial charge in [0.05, 0.1) is 28.2 Å². The van der Waals surface area contributed by atoms with E-state index in [-0.39, 0.29) is 22.5 Å². The molecule has 8 nitrogen and oxygen atoms in total. The molecule has 1 fully saturated rings. The van der Waals surface area contributed by atoms with Crippen LogP contribution in [0.15, 0.2) is 78.9 Å². The maximum Gasteiger partial charge on any atom is 0.335 e. The summed E-state index contributed by atoms with van der Waals surface area (Å²) in [4.78, 5) is 33.6. The number of fused-ring (bicyclic) bond motifs is 7. The minimum absolute atomic E-state index is 0.0422. The van der Waals surface area contributed by atoms with Gasteiger partial charge in [0.1, 0.15) is 22.9 Å². The van der Waals surface area contributed by atoms with Gasteiger partial charge in [-0.15, -0.1) is 0 Å². The monoisotopic (exact) mass is 656 g/mol. The van der Waals surface area contributed by atoms with Crippen molar-refractivity contribution in [3.63, 3.8) is 0 Å². The first-order valence-corrected chi connectivity index (χ1v) is 15.7. The highest BCUT2D eigenvalue weighted by molar-refractivity contribution is 6.31. The highest BCUT2D eigenvalue weighted by Gasteiger charge is 2.69. The summed E-state index contributed by atoms with van der Waals surface area (Å²) in [5, 5.41) is 13.1. The predicted molar refractivity (Wildman–Crippen MR) is 172 cm³/mol. The molecule has 2 N–H and O–H groups in total. The van der Waals surface area contributed by atoms with E-state index in [2.05, 4.69) is 14.8 Å². The zero-order valence-corrected chi connectivity index (χ0v) is 26.0. The molecule has 0 saturated carbocycles. The van der Waals surface area contributed by atoms with E-state index in [0.29, 0.717) is 58.6 Å². The van der Waals surface area contributed by atoms with Crippen molar-refractivity contribution in [1.29, 1.82) is 0 Å². The Kier molecular flexibility index (Phi) is 6.65. The van der Waals surface area contributed by atoms with E-state index in [4.69, 9.17) is 32.9 Å². The van der Waals surface area contributed by atoms with Gasteiger partial charge in [-0.05, 0) is 66.6 Å². The number of carboxylic acids is 1. The molecule has 0 aliphatic carbocycles. The molecule has 1 saturated heterocycles. The number of ether oxygens (including phenoxy) is 1. The minimum atomic E-state index is -1.36. The fourth-order valence-corrected chi connectivity index (χ4v) is 8.32. The van der Waals surface area contributed by atoms with Gasteiger partial charge >= 0.3 is 5.97 Å². The highest BCUT2D eigenvalue weighted by atomic mass is 35.5. The van der Waals surface area contributed by atoms with E-state index < -0.39 is 29.2 Å². The van der Waals surface area contributed by atoms with E-state index >= 15 is 4.39 Å². The third kappa shape index (κ3) is 4.05.